The minimum Gasteiger partial charge on any atom is -0.260 e. The summed E-state index contributed by atoms with van der Waals surface area (Å²) in [6.45, 7) is 2.03. The molecule has 4 aromatic rings. The fourth-order valence-electron chi connectivity index (χ4n) is 2.99. The van der Waals surface area contributed by atoms with Gasteiger partial charge in [-0.1, -0.05) is 54.1 Å². The Kier molecular flexibility index (Phi) is 6.80. The van der Waals surface area contributed by atoms with Crippen molar-refractivity contribution >= 4 is 72.1 Å². The monoisotopic (exact) mass is 554 g/mol. The number of aliphatic imine (C=N–C) groups is 1. The van der Waals surface area contributed by atoms with E-state index < -0.39 is 0 Å². The van der Waals surface area contributed by atoms with Gasteiger partial charge in [-0.05, 0) is 74.7 Å². The lowest BCUT2D eigenvalue weighted by molar-refractivity contribution is 1.02. The molecule has 4 rings (SSSR count). The first-order valence-corrected chi connectivity index (χ1v) is 11.4. The van der Waals surface area contributed by atoms with Gasteiger partial charge in [0.25, 0.3) is 0 Å². The number of para-hydroxylation sites is 1. The number of aromatic nitrogens is 1. The summed E-state index contributed by atoms with van der Waals surface area (Å²) < 4.78 is 1.74. The molecule has 0 aliphatic rings. The maximum atomic E-state index is 6.23. The molecule has 0 saturated heterocycles. The highest BCUT2D eigenvalue weighted by atomic mass is 79.9. The molecule has 1 aromatic heterocycles. The molecule has 0 atom stereocenters. The number of halogens is 3. The molecule has 7 heteroatoms. The van der Waals surface area contributed by atoms with Gasteiger partial charge in [-0.15, -0.1) is 0 Å². The Morgan fingerprint density at radius 1 is 0.968 bits per heavy atom. The highest BCUT2D eigenvalue weighted by Gasteiger charge is 2.11. The number of nitrogens with one attached hydrogen (secondary N) is 1. The van der Waals surface area contributed by atoms with Crippen LogP contribution in [-0.4, -0.2) is 17.0 Å². The molecule has 31 heavy (non-hydrogen) atoms. The van der Waals surface area contributed by atoms with Crippen molar-refractivity contribution in [3.05, 3.63) is 104 Å². The summed E-state index contributed by atoms with van der Waals surface area (Å²) >= 11 is 13.5. The van der Waals surface area contributed by atoms with Crippen LogP contribution in [0.25, 0.3) is 10.9 Å². The van der Waals surface area contributed by atoms with Gasteiger partial charge in [0, 0.05) is 24.9 Å². The van der Waals surface area contributed by atoms with Crippen LogP contribution in [-0.2, 0) is 0 Å². The molecule has 0 aliphatic heterocycles. The van der Waals surface area contributed by atoms with Gasteiger partial charge in [-0.25, -0.2) is 9.98 Å². The maximum absolute atomic E-state index is 6.23. The van der Waals surface area contributed by atoms with Crippen LogP contribution in [0.5, 0.6) is 0 Å². The Hall–Kier alpha value is -2.54. The molecule has 0 fully saturated rings. The average Bonchev–Trinajstić information content (AvgIpc) is 2.76. The van der Waals surface area contributed by atoms with Crippen molar-refractivity contribution in [2.75, 3.05) is 0 Å². The molecular weight excluding hydrogens is 540 g/mol. The number of nitrogens with zero attached hydrogens (tertiary/aromatic N) is 3. The first-order chi connectivity index (χ1) is 15.0. The first-order valence-electron chi connectivity index (χ1n) is 9.45. The van der Waals surface area contributed by atoms with E-state index in [0.717, 1.165) is 36.7 Å². The van der Waals surface area contributed by atoms with E-state index in [1.165, 1.54) is 0 Å². The van der Waals surface area contributed by atoms with Gasteiger partial charge in [0.1, 0.15) is 5.69 Å². The maximum Gasteiger partial charge on any atom is 0.173 e. The molecule has 3 aromatic carbocycles. The highest BCUT2D eigenvalue weighted by molar-refractivity contribution is 9.11. The van der Waals surface area contributed by atoms with E-state index in [9.17, 15) is 0 Å². The second kappa shape index (κ2) is 9.73. The normalized spacial score (nSPS) is 11.9. The van der Waals surface area contributed by atoms with Gasteiger partial charge in [0.15, 0.2) is 5.84 Å². The number of fused-ring (bicyclic) bond motifs is 1. The number of aryl methyl sites for hydroxylation is 1. The molecule has 0 spiro atoms. The first kappa shape index (κ1) is 21.7. The van der Waals surface area contributed by atoms with Crippen LogP contribution in [0, 0.1) is 6.92 Å². The zero-order valence-electron chi connectivity index (χ0n) is 16.5. The van der Waals surface area contributed by atoms with Crippen molar-refractivity contribution in [2.45, 2.75) is 6.92 Å². The fraction of sp³-hybridized carbons (Fsp3) is 0.0417. The number of hydrazone groups is 1. The molecule has 1 heterocycles. The molecule has 0 radical (unpaired) electrons. The number of amidine groups is 1. The minimum absolute atomic E-state index is 0.513. The summed E-state index contributed by atoms with van der Waals surface area (Å²) in [5, 5.41) is 6.05. The smallest absolute Gasteiger partial charge is 0.173 e. The summed E-state index contributed by atoms with van der Waals surface area (Å²) in [4.78, 5) is 9.60. The molecular formula is C24H17Br2ClN4. The second-order valence-corrected chi connectivity index (χ2v) is 8.93. The average molecular weight is 557 g/mol. The van der Waals surface area contributed by atoms with Crippen molar-refractivity contribution in [3.8, 4) is 0 Å². The van der Waals surface area contributed by atoms with Gasteiger partial charge in [-0.2, -0.15) is 5.10 Å². The summed E-state index contributed by atoms with van der Waals surface area (Å²) in [6, 6.07) is 23.4. The van der Waals surface area contributed by atoms with E-state index in [1.54, 1.807) is 6.21 Å². The van der Waals surface area contributed by atoms with Gasteiger partial charge in [0.05, 0.1) is 17.4 Å². The van der Waals surface area contributed by atoms with E-state index >= 15 is 0 Å². The van der Waals surface area contributed by atoms with Crippen LogP contribution >= 0.6 is 43.5 Å². The molecule has 0 saturated carbocycles. The third-order valence-corrected chi connectivity index (χ3v) is 6.06. The largest absolute Gasteiger partial charge is 0.260 e. The molecule has 0 bridgehead atoms. The van der Waals surface area contributed by atoms with Crippen molar-refractivity contribution in [1.29, 1.82) is 0 Å². The third-order valence-electron chi connectivity index (χ3n) is 4.51. The van der Waals surface area contributed by atoms with E-state index in [4.69, 9.17) is 21.6 Å². The van der Waals surface area contributed by atoms with E-state index in [-0.39, 0.29) is 0 Å². The van der Waals surface area contributed by atoms with Gasteiger partial charge in [0.2, 0.25) is 0 Å². The zero-order chi connectivity index (χ0) is 21.8. The van der Waals surface area contributed by atoms with Crippen LogP contribution in [0.1, 0.15) is 16.8 Å². The molecule has 0 unspecified atom stereocenters. The molecule has 154 valence electrons. The molecule has 0 amide bonds. The Bertz CT molecular complexity index is 1290. The Balaban J connectivity index is 1.77. The molecule has 4 nitrogen and oxygen atoms in total. The zero-order valence-corrected chi connectivity index (χ0v) is 20.4. The Labute approximate surface area is 202 Å². The number of hydrogen-bond donors (Lipinski definition) is 1. The summed E-state index contributed by atoms with van der Waals surface area (Å²) in [7, 11) is 0. The predicted molar refractivity (Wildman–Crippen MR) is 137 cm³/mol. The molecule has 1 N–H and O–H groups in total. The van der Waals surface area contributed by atoms with Crippen molar-refractivity contribution in [2.24, 2.45) is 10.1 Å². The fourth-order valence-corrected chi connectivity index (χ4v) is 4.77. The van der Waals surface area contributed by atoms with Gasteiger partial charge in [-0.3, -0.25) is 5.43 Å². The summed E-state index contributed by atoms with van der Waals surface area (Å²) in [5.74, 6) is 0.513. The molecule has 0 aliphatic carbocycles. The number of benzene rings is 3. The van der Waals surface area contributed by atoms with Crippen molar-refractivity contribution in [1.82, 2.24) is 10.4 Å². The number of hydrogen-bond acceptors (Lipinski definition) is 3. The topological polar surface area (TPSA) is 49.6 Å². The van der Waals surface area contributed by atoms with Crippen molar-refractivity contribution in [3.63, 3.8) is 0 Å². The summed E-state index contributed by atoms with van der Waals surface area (Å²) in [5.41, 5.74) is 7.28. The Morgan fingerprint density at radius 2 is 1.68 bits per heavy atom. The van der Waals surface area contributed by atoms with Crippen LogP contribution in [0.4, 0.5) is 5.69 Å². The minimum atomic E-state index is 0.513. The van der Waals surface area contributed by atoms with E-state index in [0.29, 0.717) is 16.6 Å². The lowest BCUT2D eigenvalue weighted by Gasteiger charge is -2.10. The predicted octanol–water partition coefficient (Wildman–Crippen LogP) is 7.42. The third kappa shape index (κ3) is 5.21. The lowest BCUT2D eigenvalue weighted by atomic mass is 10.2. The van der Waals surface area contributed by atoms with E-state index in [2.05, 4.69) is 42.4 Å². The second-order valence-electron chi connectivity index (χ2n) is 6.82. The van der Waals surface area contributed by atoms with Crippen LogP contribution < -0.4 is 5.43 Å². The Morgan fingerprint density at radius 3 is 2.45 bits per heavy atom. The lowest BCUT2D eigenvalue weighted by Crippen LogP contribution is -2.20. The SMILES string of the molecule is Cc1cc(Br)c(N=C(N/N=C/c2ccccc2Cl)c2ccc3ccccc3n2)c(Br)c1. The van der Waals surface area contributed by atoms with Gasteiger partial charge < -0.3 is 0 Å². The standard InChI is InChI=1S/C24H17Br2ClN4/c1-15-12-18(25)23(19(26)13-15)30-24(31-28-14-17-7-2-4-8-20(17)27)22-11-10-16-6-3-5-9-21(16)29-22/h2-14H,1H3,(H,30,31)/b28-14+. The van der Waals surface area contributed by atoms with Crippen molar-refractivity contribution < 1.29 is 0 Å². The highest BCUT2D eigenvalue weighted by Crippen LogP contribution is 2.35. The number of pyridine rings is 1. The van der Waals surface area contributed by atoms with E-state index in [1.807, 2.05) is 79.7 Å². The van der Waals surface area contributed by atoms with Gasteiger partial charge >= 0.3 is 0 Å². The van der Waals surface area contributed by atoms with Crippen LogP contribution in [0.15, 0.2) is 91.8 Å². The van der Waals surface area contributed by atoms with Crippen LogP contribution in [0.3, 0.4) is 0 Å². The quantitative estimate of drug-likeness (QED) is 0.162. The summed E-state index contributed by atoms with van der Waals surface area (Å²) in [6.07, 6.45) is 1.66. The van der Waals surface area contributed by atoms with Crippen LogP contribution in [0.2, 0.25) is 5.02 Å². The number of rotatable bonds is 4.